The van der Waals surface area contributed by atoms with E-state index in [0.29, 0.717) is 21.7 Å². The molecule has 1 unspecified atom stereocenters. The van der Waals surface area contributed by atoms with E-state index in [1.54, 1.807) is 29.7 Å². The van der Waals surface area contributed by atoms with E-state index in [1.807, 2.05) is 18.2 Å². The smallest absolute Gasteiger partial charge is 0.257 e. The predicted octanol–water partition coefficient (Wildman–Crippen LogP) is 5.11. The van der Waals surface area contributed by atoms with Crippen LogP contribution in [0, 0.1) is 0 Å². The van der Waals surface area contributed by atoms with E-state index in [2.05, 4.69) is 26.2 Å². The Morgan fingerprint density at radius 3 is 2.85 bits per heavy atom. The molecule has 0 fully saturated rings. The van der Waals surface area contributed by atoms with Crippen LogP contribution in [0.4, 0.5) is 5.00 Å². The molecule has 2 heterocycles. The summed E-state index contributed by atoms with van der Waals surface area (Å²) in [5.74, 6) is -0.226. The van der Waals surface area contributed by atoms with Crippen molar-refractivity contribution in [1.82, 2.24) is 4.98 Å². The molecule has 0 bridgehead atoms. The van der Waals surface area contributed by atoms with Gasteiger partial charge in [0.1, 0.15) is 5.00 Å². The van der Waals surface area contributed by atoms with E-state index in [9.17, 15) is 9.59 Å². The van der Waals surface area contributed by atoms with Gasteiger partial charge in [-0.3, -0.25) is 14.6 Å². The molecule has 2 aliphatic carbocycles. The Hall–Kier alpha value is -2.05. The van der Waals surface area contributed by atoms with Gasteiger partial charge in [0.25, 0.3) is 5.91 Å². The monoisotopic (exact) mass is 442 g/mol. The molecule has 1 N–H and O–H groups in total. The number of aryl methyl sites for hydroxylation is 1. The van der Waals surface area contributed by atoms with Gasteiger partial charge in [-0.2, -0.15) is 0 Å². The number of amides is 1. The summed E-state index contributed by atoms with van der Waals surface area (Å²) in [4.78, 5) is 31.4. The van der Waals surface area contributed by atoms with Crippen molar-refractivity contribution in [3.8, 4) is 0 Å². The van der Waals surface area contributed by atoms with Crippen molar-refractivity contribution in [2.24, 2.45) is 0 Å². The third kappa shape index (κ3) is 3.82. The van der Waals surface area contributed by atoms with E-state index < -0.39 is 0 Å². The highest BCUT2D eigenvalue weighted by molar-refractivity contribution is 9.09. The maximum Gasteiger partial charge on any atom is 0.257 e. The number of carbonyl (C=O) groups is 2. The predicted molar refractivity (Wildman–Crippen MR) is 112 cm³/mol. The molecular weight excluding hydrogens is 424 g/mol. The molecule has 0 spiro atoms. The van der Waals surface area contributed by atoms with Crippen molar-refractivity contribution in [3.05, 3.63) is 69.9 Å². The molecule has 6 heteroatoms. The van der Waals surface area contributed by atoms with Crippen LogP contribution in [0.15, 0.2) is 48.3 Å². The zero-order chi connectivity index (χ0) is 18.8. The first-order valence-electron chi connectivity index (χ1n) is 9.06. The summed E-state index contributed by atoms with van der Waals surface area (Å²) in [7, 11) is 0. The largest absolute Gasteiger partial charge is 0.313 e. The number of pyridine rings is 1. The van der Waals surface area contributed by atoms with E-state index in [-0.39, 0.29) is 16.5 Å². The van der Waals surface area contributed by atoms with E-state index in [1.165, 1.54) is 11.1 Å². The van der Waals surface area contributed by atoms with Crippen molar-refractivity contribution in [2.75, 3.05) is 5.32 Å². The number of allylic oxidation sites excluding steroid dienone is 4. The second-order valence-electron chi connectivity index (χ2n) is 6.71. The molecular formula is C21H19BrN2O2S. The van der Waals surface area contributed by atoms with Crippen molar-refractivity contribution >= 4 is 44.0 Å². The average molecular weight is 443 g/mol. The molecule has 1 atom stereocenters. The standard InChI is InChI=1S/C21H19BrN2O2S/c22-15-9-7-13(8-10-15)19(25)18-16-5-1-2-6-17(16)27-21(18)24-20(26)14-4-3-11-23-12-14/h3-4,7-9,11-12,15H,1-2,5-6,10H2,(H,24,26). The van der Waals surface area contributed by atoms with Gasteiger partial charge >= 0.3 is 0 Å². The summed E-state index contributed by atoms with van der Waals surface area (Å²) in [6, 6.07) is 3.45. The number of Topliss-reactive ketones (excluding diaryl/α,β-unsaturated/α-hetero) is 1. The topological polar surface area (TPSA) is 59.1 Å². The molecule has 0 radical (unpaired) electrons. The number of hydrogen-bond acceptors (Lipinski definition) is 4. The number of ketones is 1. The van der Waals surface area contributed by atoms with Crippen LogP contribution >= 0.6 is 27.3 Å². The van der Waals surface area contributed by atoms with Crippen LogP contribution in [-0.4, -0.2) is 21.5 Å². The Kier molecular flexibility index (Phi) is 5.36. The first kappa shape index (κ1) is 18.3. The van der Waals surface area contributed by atoms with Crippen LogP contribution in [0.3, 0.4) is 0 Å². The van der Waals surface area contributed by atoms with Crippen LogP contribution in [0.1, 0.15) is 50.4 Å². The van der Waals surface area contributed by atoms with Crippen LogP contribution in [-0.2, 0) is 12.8 Å². The van der Waals surface area contributed by atoms with Crippen LogP contribution < -0.4 is 5.32 Å². The number of thiophene rings is 1. The number of hydrogen-bond donors (Lipinski definition) is 1. The number of halogens is 1. The van der Waals surface area contributed by atoms with Gasteiger partial charge in [0.05, 0.1) is 11.1 Å². The van der Waals surface area contributed by atoms with Gasteiger partial charge < -0.3 is 5.32 Å². The molecule has 0 saturated heterocycles. The number of nitrogens with zero attached hydrogens (tertiary/aromatic N) is 1. The summed E-state index contributed by atoms with van der Waals surface area (Å²) in [6.45, 7) is 0. The van der Waals surface area contributed by atoms with Crippen molar-refractivity contribution in [1.29, 1.82) is 0 Å². The van der Waals surface area contributed by atoms with Gasteiger partial charge in [0.2, 0.25) is 0 Å². The highest BCUT2D eigenvalue weighted by Gasteiger charge is 2.28. The summed E-state index contributed by atoms with van der Waals surface area (Å²) in [6.07, 6.45) is 13.9. The Morgan fingerprint density at radius 2 is 2.11 bits per heavy atom. The van der Waals surface area contributed by atoms with Crippen LogP contribution in [0.5, 0.6) is 0 Å². The summed E-state index contributed by atoms with van der Waals surface area (Å²) in [5.41, 5.74) is 2.98. The highest BCUT2D eigenvalue weighted by atomic mass is 79.9. The summed E-state index contributed by atoms with van der Waals surface area (Å²) in [5, 5.41) is 3.63. The molecule has 2 aliphatic rings. The maximum atomic E-state index is 13.3. The van der Waals surface area contributed by atoms with E-state index in [0.717, 1.165) is 37.7 Å². The van der Waals surface area contributed by atoms with Crippen molar-refractivity contribution in [2.45, 2.75) is 36.9 Å². The third-order valence-electron chi connectivity index (χ3n) is 4.86. The van der Waals surface area contributed by atoms with Gasteiger partial charge in [-0.05, 0) is 49.8 Å². The Labute approximate surface area is 170 Å². The second kappa shape index (κ2) is 7.90. The first-order valence-corrected chi connectivity index (χ1v) is 10.8. The number of alkyl halides is 1. The van der Waals surface area contributed by atoms with Gasteiger partial charge in [0.15, 0.2) is 5.78 Å². The zero-order valence-corrected chi connectivity index (χ0v) is 17.1. The maximum absolute atomic E-state index is 13.3. The van der Waals surface area contributed by atoms with Gasteiger partial charge in [-0.25, -0.2) is 0 Å². The molecule has 0 saturated carbocycles. The molecule has 4 nitrogen and oxygen atoms in total. The van der Waals surface area contributed by atoms with Crippen LogP contribution in [0.2, 0.25) is 0 Å². The fourth-order valence-electron chi connectivity index (χ4n) is 3.47. The summed E-state index contributed by atoms with van der Waals surface area (Å²) >= 11 is 5.09. The average Bonchev–Trinajstić information content (AvgIpc) is 3.06. The molecule has 0 aliphatic heterocycles. The molecule has 2 aromatic rings. The Balaban J connectivity index is 1.69. The summed E-state index contributed by atoms with van der Waals surface area (Å²) < 4.78 is 0. The molecule has 1 amide bonds. The van der Waals surface area contributed by atoms with E-state index in [4.69, 9.17) is 0 Å². The number of fused-ring (bicyclic) bond motifs is 1. The first-order chi connectivity index (χ1) is 13.1. The Bertz CT molecular complexity index is 947. The normalized spacial score (nSPS) is 18.6. The van der Waals surface area contributed by atoms with Crippen molar-refractivity contribution < 1.29 is 9.59 Å². The fourth-order valence-corrected chi connectivity index (χ4v) is 5.09. The minimum atomic E-state index is -0.232. The molecule has 27 heavy (non-hydrogen) atoms. The lowest BCUT2D eigenvalue weighted by Crippen LogP contribution is -2.16. The third-order valence-corrected chi connectivity index (χ3v) is 6.75. The zero-order valence-electron chi connectivity index (χ0n) is 14.7. The molecule has 138 valence electrons. The Morgan fingerprint density at radius 1 is 1.26 bits per heavy atom. The lowest BCUT2D eigenvalue weighted by molar-refractivity contribution is 0.102. The number of anilines is 1. The molecule has 2 aromatic heterocycles. The number of aromatic nitrogens is 1. The van der Waals surface area contributed by atoms with Crippen LogP contribution in [0.25, 0.3) is 0 Å². The lowest BCUT2D eigenvalue weighted by atomic mass is 9.90. The number of carbonyl (C=O) groups excluding carboxylic acids is 2. The number of rotatable bonds is 4. The van der Waals surface area contributed by atoms with E-state index >= 15 is 0 Å². The van der Waals surface area contributed by atoms with Crippen molar-refractivity contribution in [3.63, 3.8) is 0 Å². The lowest BCUT2D eigenvalue weighted by Gasteiger charge is -2.15. The van der Waals surface area contributed by atoms with Gasteiger partial charge in [-0.15, -0.1) is 11.3 Å². The minimum Gasteiger partial charge on any atom is -0.313 e. The second-order valence-corrected chi connectivity index (χ2v) is 8.99. The minimum absolute atomic E-state index is 0.00605. The molecule has 0 aromatic carbocycles. The SMILES string of the molecule is O=C(Nc1sc2c(c1C(=O)C1=CCC(Br)C=C1)CCCC2)c1cccnc1. The fraction of sp³-hybridized carbons (Fsp3) is 0.286. The molecule has 4 rings (SSSR count). The quantitative estimate of drug-likeness (QED) is 0.528. The number of nitrogens with one attached hydrogen (secondary N) is 1. The highest BCUT2D eigenvalue weighted by Crippen LogP contribution is 2.40. The van der Waals surface area contributed by atoms with Gasteiger partial charge in [0, 0.05) is 27.7 Å². The van der Waals surface area contributed by atoms with Gasteiger partial charge in [-0.1, -0.05) is 34.2 Å².